The van der Waals surface area contributed by atoms with Crippen LogP contribution in [0.4, 0.5) is 4.39 Å². The molecule has 0 radical (unpaired) electrons. The fourth-order valence-corrected chi connectivity index (χ4v) is 3.45. The molecule has 1 saturated carbocycles. The summed E-state index contributed by atoms with van der Waals surface area (Å²) in [4.78, 5) is 6.02. The highest BCUT2D eigenvalue weighted by Crippen LogP contribution is 2.43. The summed E-state index contributed by atoms with van der Waals surface area (Å²) in [5.41, 5.74) is 1.25. The van der Waals surface area contributed by atoms with Crippen LogP contribution in [0.1, 0.15) is 34.3 Å². The molecule has 0 unspecified atom stereocenters. The first-order valence-electron chi connectivity index (χ1n) is 6.74. The zero-order valence-corrected chi connectivity index (χ0v) is 12.7. The summed E-state index contributed by atoms with van der Waals surface area (Å²) in [7, 11) is 0. The van der Waals surface area contributed by atoms with Gasteiger partial charge in [0, 0.05) is 23.0 Å². The number of hydrogen-bond acceptors (Lipinski definition) is 4. The van der Waals surface area contributed by atoms with E-state index < -0.39 is 0 Å². The Balaban J connectivity index is 1.56. The van der Waals surface area contributed by atoms with E-state index in [1.807, 2.05) is 0 Å². The van der Waals surface area contributed by atoms with Gasteiger partial charge in [0.25, 0.3) is 0 Å². The maximum atomic E-state index is 12.8. The monoisotopic (exact) mass is 309 g/mol. The average molecular weight is 309 g/mol. The fraction of sp³-hybridized carbons (Fsp3) is 0.400. The highest BCUT2D eigenvalue weighted by atomic mass is 32.1. The average Bonchev–Trinajstić information content (AvgIpc) is 3.22. The molecule has 0 bridgehead atoms. The van der Waals surface area contributed by atoms with Crippen molar-refractivity contribution in [2.45, 2.75) is 30.9 Å². The Kier molecular flexibility index (Phi) is 4.27. The van der Waals surface area contributed by atoms with Gasteiger partial charge in [-0.25, -0.2) is 9.37 Å². The smallest absolute Gasteiger partial charge is 0.123 e. The van der Waals surface area contributed by atoms with Crippen LogP contribution < -0.4 is 4.74 Å². The van der Waals surface area contributed by atoms with E-state index in [2.05, 4.69) is 12.6 Å². The lowest BCUT2D eigenvalue weighted by atomic mass is 10.3. The summed E-state index contributed by atoms with van der Waals surface area (Å²) in [5, 5.41) is 1.11. The lowest BCUT2D eigenvalue weighted by Crippen LogP contribution is -2.01. The summed E-state index contributed by atoms with van der Waals surface area (Å²) in [6, 6.07) is 6.10. The van der Waals surface area contributed by atoms with Crippen LogP contribution in [0.25, 0.3) is 0 Å². The Bertz CT molecular complexity index is 578. The van der Waals surface area contributed by atoms with Crippen molar-refractivity contribution in [3.63, 3.8) is 0 Å². The number of thiazole rings is 1. The summed E-state index contributed by atoms with van der Waals surface area (Å²) in [6.45, 7) is 0.565. The SMILES string of the molecule is Fc1ccc(OCCc2nc(C3CC3)c(CS)s2)cc1. The van der Waals surface area contributed by atoms with Gasteiger partial charge in [-0.15, -0.1) is 11.3 Å². The number of benzene rings is 1. The van der Waals surface area contributed by atoms with E-state index in [-0.39, 0.29) is 5.82 Å². The highest BCUT2D eigenvalue weighted by Gasteiger charge is 2.29. The second kappa shape index (κ2) is 6.14. The molecule has 2 aromatic rings. The maximum Gasteiger partial charge on any atom is 0.123 e. The first-order chi connectivity index (χ1) is 9.76. The van der Waals surface area contributed by atoms with E-state index in [1.165, 1.54) is 35.5 Å². The van der Waals surface area contributed by atoms with Gasteiger partial charge in [-0.1, -0.05) is 0 Å². The Labute approximate surface area is 127 Å². The van der Waals surface area contributed by atoms with Crippen molar-refractivity contribution in [3.05, 3.63) is 45.7 Å². The molecule has 1 aliphatic rings. The molecule has 3 rings (SSSR count). The summed E-state index contributed by atoms with van der Waals surface area (Å²) < 4.78 is 18.4. The molecule has 1 fully saturated rings. The van der Waals surface area contributed by atoms with Crippen molar-refractivity contribution >= 4 is 24.0 Å². The van der Waals surface area contributed by atoms with Crippen LogP contribution >= 0.6 is 24.0 Å². The minimum absolute atomic E-state index is 0.246. The third-order valence-corrected chi connectivity index (χ3v) is 4.94. The standard InChI is InChI=1S/C15H16FNOS2/c16-11-3-5-12(6-4-11)18-8-7-14-17-15(10-1-2-10)13(9-19)20-14/h3-6,10,19H,1-2,7-9H2. The van der Waals surface area contributed by atoms with Gasteiger partial charge in [0.2, 0.25) is 0 Å². The predicted molar refractivity (Wildman–Crippen MR) is 82.4 cm³/mol. The second-order valence-electron chi connectivity index (χ2n) is 4.90. The van der Waals surface area contributed by atoms with Crippen LogP contribution in [0.3, 0.4) is 0 Å². The number of hydrogen-bond donors (Lipinski definition) is 1. The Morgan fingerprint density at radius 1 is 1.30 bits per heavy atom. The van der Waals surface area contributed by atoms with E-state index >= 15 is 0 Å². The topological polar surface area (TPSA) is 22.1 Å². The largest absolute Gasteiger partial charge is 0.493 e. The molecule has 1 aliphatic carbocycles. The minimum atomic E-state index is -0.246. The summed E-state index contributed by atoms with van der Waals surface area (Å²) >= 11 is 6.11. The molecule has 0 N–H and O–H groups in total. The molecule has 106 valence electrons. The molecule has 0 spiro atoms. The Morgan fingerprint density at radius 3 is 2.70 bits per heavy atom. The number of rotatable bonds is 6. The van der Waals surface area contributed by atoms with Gasteiger partial charge in [-0.2, -0.15) is 12.6 Å². The lowest BCUT2D eigenvalue weighted by Gasteiger charge is -2.04. The molecule has 0 atom stereocenters. The van der Waals surface area contributed by atoms with Crippen LogP contribution in [-0.4, -0.2) is 11.6 Å². The van der Waals surface area contributed by atoms with Crippen LogP contribution in [0.5, 0.6) is 5.75 Å². The lowest BCUT2D eigenvalue weighted by molar-refractivity contribution is 0.321. The second-order valence-corrected chi connectivity index (χ2v) is 6.39. The zero-order valence-electron chi connectivity index (χ0n) is 11.0. The molecule has 0 aliphatic heterocycles. The number of aromatic nitrogens is 1. The number of halogens is 1. The van der Waals surface area contributed by atoms with Crippen LogP contribution in [-0.2, 0) is 12.2 Å². The van der Waals surface area contributed by atoms with E-state index in [4.69, 9.17) is 9.72 Å². The van der Waals surface area contributed by atoms with Gasteiger partial charge < -0.3 is 4.74 Å². The van der Waals surface area contributed by atoms with E-state index in [1.54, 1.807) is 23.5 Å². The van der Waals surface area contributed by atoms with Crippen molar-refractivity contribution in [2.75, 3.05) is 6.61 Å². The molecule has 1 aromatic carbocycles. The van der Waals surface area contributed by atoms with Crippen LogP contribution in [0.2, 0.25) is 0 Å². The van der Waals surface area contributed by atoms with Crippen molar-refractivity contribution in [3.8, 4) is 5.75 Å². The molecular weight excluding hydrogens is 293 g/mol. The maximum absolute atomic E-state index is 12.8. The normalized spacial score (nSPS) is 14.5. The molecular formula is C15H16FNOS2. The summed E-state index contributed by atoms with van der Waals surface area (Å²) in [5.74, 6) is 1.88. The number of thiol groups is 1. The van der Waals surface area contributed by atoms with Gasteiger partial charge in [0.15, 0.2) is 0 Å². The van der Waals surface area contributed by atoms with Crippen LogP contribution in [0.15, 0.2) is 24.3 Å². The van der Waals surface area contributed by atoms with Crippen molar-refractivity contribution in [1.82, 2.24) is 4.98 Å². The molecule has 0 saturated heterocycles. The van der Waals surface area contributed by atoms with Gasteiger partial charge in [-0.3, -0.25) is 0 Å². The molecule has 1 aromatic heterocycles. The predicted octanol–water partition coefficient (Wildman–Crippen LogP) is 4.21. The third-order valence-electron chi connectivity index (χ3n) is 3.28. The molecule has 2 nitrogen and oxygen atoms in total. The molecule has 20 heavy (non-hydrogen) atoms. The molecule has 5 heteroatoms. The van der Waals surface area contributed by atoms with Gasteiger partial charge in [0.05, 0.1) is 17.3 Å². The first kappa shape index (κ1) is 13.9. The zero-order chi connectivity index (χ0) is 13.9. The minimum Gasteiger partial charge on any atom is -0.493 e. The number of ether oxygens (including phenoxy) is 1. The van der Waals surface area contributed by atoms with Gasteiger partial charge >= 0.3 is 0 Å². The Morgan fingerprint density at radius 2 is 2.05 bits per heavy atom. The first-order valence-corrected chi connectivity index (χ1v) is 8.19. The summed E-state index contributed by atoms with van der Waals surface area (Å²) in [6.07, 6.45) is 3.31. The van der Waals surface area contributed by atoms with Gasteiger partial charge in [0.1, 0.15) is 11.6 Å². The van der Waals surface area contributed by atoms with Crippen LogP contribution in [0, 0.1) is 5.82 Å². The quantitative estimate of drug-likeness (QED) is 0.807. The Hall–Kier alpha value is -1.07. The van der Waals surface area contributed by atoms with Crippen molar-refractivity contribution in [1.29, 1.82) is 0 Å². The van der Waals surface area contributed by atoms with Crippen molar-refractivity contribution < 1.29 is 9.13 Å². The van der Waals surface area contributed by atoms with E-state index in [0.717, 1.165) is 17.2 Å². The van der Waals surface area contributed by atoms with Crippen molar-refractivity contribution in [2.24, 2.45) is 0 Å². The van der Waals surface area contributed by atoms with E-state index in [9.17, 15) is 4.39 Å². The highest BCUT2D eigenvalue weighted by molar-refractivity contribution is 7.79. The fourth-order valence-electron chi connectivity index (χ4n) is 2.10. The molecule has 0 amide bonds. The third kappa shape index (κ3) is 3.33. The van der Waals surface area contributed by atoms with E-state index in [0.29, 0.717) is 18.3 Å². The van der Waals surface area contributed by atoms with Gasteiger partial charge in [-0.05, 0) is 37.1 Å². The number of nitrogens with zero attached hydrogens (tertiary/aromatic N) is 1. The molecule has 1 heterocycles.